The second kappa shape index (κ2) is 9.84. The van der Waals surface area contributed by atoms with E-state index in [2.05, 4.69) is 79.8 Å². The molecule has 3 aromatic rings. The van der Waals surface area contributed by atoms with Crippen molar-refractivity contribution in [3.05, 3.63) is 95.6 Å². The number of hydrogen-bond donors (Lipinski definition) is 1. The van der Waals surface area contributed by atoms with Crippen LogP contribution >= 0.6 is 11.8 Å². The predicted octanol–water partition coefficient (Wildman–Crippen LogP) is 6.34. The van der Waals surface area contributed by atoms with Gasteiger partial charge in [0.05, 0.1) is 23.3 Å². The van der Waals surface area contributed by atoms with Gasteiger partial charge in [-0.3, -0.25) is 4.99 Å². The topological polar surface area (TPSA) is 46.0 Å². The van der Waals surface area contributed by atoms with Gasteiger partial charge in [0, 0.05) is 17.0 Å². The average Bonchev–Trinajstić information content (AvgIpc) is 3.51. The number of rotatable bonds is 7. The number of ether oxygens (including phenoxy) is 1. The van der Waals surface area contributed by atoms with Crippen molar-refractivity contribution in [3.8, 4) is 0 Å². The fraction of sp³-hybridized carbons (Fsp3) is 0.286. The quantitative estimate of drug-likeness (QED) is 0.452. The van der Waals surface area contributed by atoms with Crippen LogP contribution in [-0.4, -0.2) is 35.4 Å². The van der Waals surface area contributed by atoms with Crippen molar-refractivity contribution in [2.45, 2.75) is 32.4 Å². The number of thioether (sulfide) groups is 1. The van der Waals surface area contributed by atoms with E-state index in [0.29, 0.717) is 24.5 Å². The molecule has 0 amide bonds. The van der Waals surface area contributed by atoms with Gasteiger partial charge < -0.3 is 10.1 Å². The molecule has 5 rings (SSSR count). The van der Waals surface area contributed by atoms with Gasteiger partial charge in [-0.1, -0.05) is 74.5 Å². The number of aliphatic imine (C=N–C) groups is 2. The zero-order valence-corrected chi connectivity index (χ0v) is 19.9. The molecular weight excluding hydrogens is 426 g/mol. The Hall–Kier alpha value is -3.05. The number of hydrogen-bond acceptors (Lipinski definition) is 5. The molecule has 0 unspecified atom stereocenters. The van der Waals surface area contributed by atoms with Crippen LogP contribution in [0, 0.1) is 5.92 Å². The van der Waals surface area contributed by atoms with E-state index in [1.807, 2.05) is 30.0 Å². The van der Waals surface area contributed by atoms with Crippen molar-refractivity contribution in [2.24, 2.45) is 15.9 Å². The molecule has 2 heterocycles. The first-order valence-corrected chi connectivity index (χ1v) is 12.6. The summed E-state index contributed by atoms with van der Waals surface area (Å²) in [4.78, 5) is 9.91. The van der Waals surface area contributed by atoms with Gasteiger partial charge in [0.2, 0.25) is 5.90 Å². The van der Waals surface area contributed by atoms with Gasteiger partial charge in [0.25, 0.3) is 0 Å². The third-order valence-electron chi connectivity index (χ3n) is 6.05. The molecule has 3 aromatic carbocycles. The Bertz CT molecular complexity index is 1170. The largest absolute Gasteiger partial charge is 0.475 e. The van der Waals surface area contributed by atoms with Crippen LogP contribution in [0.15, 0.2) is 88.8 Å². The molecule has 0 aromatic heterocycles. The maximum absolute atomic E-state index is 6.05. The summed E-state index contributed by atoms with van der Waals surface area (Å²) in [7, 11) is 0. The predicted molar refractivity (Wildman–Crippen MR) is 140 cm³/mol. The average molecular weight is 456 g/mol. The van der Waals surface area contributed by atoms with E-state index in [4.69, 9.17) is 14.7 Å². The molecule has 2 aliphatic heterocycles. The summed E-state index contributed by atoms with van der Waals surface area (Å²) in [6.45, 7) is 5.09. The minimum Gasteiger partial charge on any atom is -0.475 e. The zero-order chi connectivity index (χ0) is 22.6. The van der Waals surface area contributed by atoms with Crippen LogP contribution in [0.3, 0.4) is 0 Å². The monoisotopic (exact) mass is 455 g/mol. The molecule has 0 spiro atoms. The maximum atomic E-state index is 6.05. The minimum absolute atomic E-state index is 0.139. The van der Waals surface area contributed by atoms with E-state index in [9.17, 15) is 0 Å². The van der Waals surface area contributed by atoms with E-state index >= 15 is 0 Å². The molecule has 33 heavy (non-hydrogen) atoms. The van der Waals surface area contributed by atoms with Gasteiger partial charge in [-0.2, -0.15) is 0 Å². The van der Waals surface area contributed by atoms with Crippen molar-refractivity contribution in [1.29, 1.82) is 0 Å². The van der Waals surface area contributed by atoms with Gasteiger partial charge in [-0.15, -0.1) is 11.8 Å². The maximum Gasteiger partial charge on any atom is 0.218 e. The molecule has 2 aliphatic rings. The number of benzene rings is 3. The van der Waals surface area contributed by atoms with E-state index in [1.54, 1.807) is 0 Å². The summed E-state index contributed by atoms with van der Waals surface area (Å²) < 4.78 is 6.05. The fourth-order valence-electron chi connectivity index (χ4n) is 4.13. The van der Waals surface area contributed by atoms with Crippen LogP contribution in [0.4, 0.5) is 11.4 Å². The molecule has 168 valence electrons. The van der Waals surface area contributed by atoms with Gasteiger partial charge in [0.15, 0.2) is 0 Å². The van der Waals surface area contributed by atoms with Crippen LogP contribution < -0.4 is 5.32 Å². The molecular formula is C28H29N3OS. The lowest BCUT2D eigenvalue weighted by Crippen LogP contribution is -2.11. The van der Waals surface area contributed by atoms with Crippen LogP contribution in [-0.2, 0) is 11.2 Å². The molecule has 0 bridgehead atoms. The summed E-state index contributed by atoms with van der Waals surface area (Å²) in [5, 5.41) is 4.77. The fourth-order valence-corrected chi connectivity index (χ4v) is 5.47. The zero-order valence-electron chi connectivity index (χ0n) is 19.1. The molecule has 2 atom stereocenters. The minimum atomic E-state index is 0.139. The molecule has 0 fully saturated rings. The highest BCUT2D eigenvalue weighted by Crippen LogP contribution is 2.33. The molecule has 4 nitrogen and oxygen atoms in total. The highest BCUT2D eigenvalue weighted by molar-refractivity contribution is 8.14. The Balaban J connectivity index is 1.39. The van der Waals surface area contributed by atoms with Crippen molar-refractivity contribution in [3.63, 3.8) is 0 Å². The first-order valence-electron chi connectivity index (χ1n) is 11.6. The van der Waals surface area contributed by atoms with Gasteiger partial charge in [-0.05, 0) is 36.1 Å². The van der Waals surface area contributed by atoms with Crippen LogP contribution in [0.2, 0.25) is 0 Å². The first kappa shape index (κ1) is 21.8. The summed E-state index contributed by atoms with van der Waals surface area (Å²) in [6.07, 6.45) is 0.886. The van der Waals surface area contributed by atoms with Crippen LogP contribution in [0.5, 0.6) is 0 Å². The number of para-hydroxylation sites is 2. The lowest BCUT2D eigenvalue weighted by atomic mass is 10.1. The van der Waals surface area contributed by atoms with Crippen molar-refractivity contribution >= 4 is 34.1 Å². The van der Waals surface area contributed by atoms with E-state index < -0.39 is 0 Å². The standard InChI is InChI=1S/C28H29N3OS/c1-19(2)26-18-33-28(31-26)23-13-7-9-15-25(23)30-24-14-8-6-12-22(24)27-29-21(17-32-27)16-20-10-4-3-5-11-20/h3-15,19,21,26,30H,16-18H2,1-2H3/t21-,26+/m0/s1. The Morgan fingerprint density at radius 2 is 1.55 bits per heavy atom. The second-order valence-electron chi connectivity index (χ2n) is 8.86. The Labute approximate surface area is 200 Å². The number of nitrogens with one attached hydrogen (secondary N) is 1. The summed E-state index contributed by atoms with van der Waals surface area (Å²) in [5.41, 5.74) is 5.47. The summed E-state index contributed by atoms with van der Waals surface area (Å²) in [5.74, 6) is 2.31. The smallest absolute Gasteiger partial charge is 0.218 e. The first-order chi connectivity index (χ1) is 16.2. The van der Waals surface area contributed by atoms with E-state index in [1.165, 1.54) is 5.56 Å². The SMILES string of the molecule is CC(C)[C@H]1CSC(c2ccccc2Nc2ccccc2C2=N[C@@H](Cc3ccccc3)CO2)=N1. The summed E-state index contributed by atoms with van der Waals surface area (Å²) in [6, 6.07) is 27.7. The van der Waals surface area contributed by atoms with Crippen molar-refractivity contribution in [2.75, 3.05) is 17.7 Å². The third kappa shape index (κ3) is 4.98. The highest BCUT2D eigenvalue weighted by atomic mass is 32.2. The highest BCUT2D eigenvalue weighted by Gasteiger charge is 2.25. The molecule has 5 heteroatoms. The van der Waals surface area contributed by atoms with Crippen LogP contribution in [0.25, 0.3) is 0 Å². The Morgan fingerprint density at radius 3 is 2.27 bits per heavy atom. The third-order valence-corrected chi connectivity index (χ3v) is 7.16. The lowest BCUT2D eigenvalue weighted by molar-refractivity contribution is 0.317. The van der Waals surface area contributed by atoms with Gasteiger partial charge in [0.1, 0.15) is 11.7 Å². The summed E-state index contributed by atoms with van der Waals surface area (Å²) >= 11 is 1.85. The van der Waals surface area contributed by atoms with E-state index in [0.717, 1.165) is 39.7 Å². The van der Waals surface area contributed by atoms with Crippen molar-refractivity contribution in [1.82, 2.24) is 0 Å². The molecule has 1 N–H and O–H groups in total. The number of anilines is 2. The number of nitrogens with zero attached hydrogens (tertiary/aromatic N) is 2. The Kier molecular flexibility index (Phi) is 6.49. The van der Waals surface area contributed by atoms with Crippen LogP contribution in [0.1, 0.15) is 30.5 Å². The molecule has 0 radical (unpaired) electrons. The van der Waals surface area contributed by atoms with Gasteiger partial charge in [-0.25, -0.2) is 4.99 Å². The molecule has 0 aliphatic carbocycles. The van der Waals surface area contributed by atoms with Crippen molar-refractivity contribution < 1.29 is 4.74 Å². The van der Waals surface area contributed by atoms with E-state index in [-0.39, 0.29) is 6.04 Å². The van der Waals surface area contributed by atoms with Gasteiger partial charge >= 0.3 is 0 Å². The normalized spacial score (nSPS) is 19.8. The molecule has 0 saturated heterocycles. The lowest BCUT2D eigenvalue weighted by Gasteiger charge is -2.15. The Morgan fingerprint density at radius 1 is 0.879 bits per heavy atom. The second-order valence-corrected chi connectivity index (χ2v) is 9.87. The molecule has 0 saturated carbocycles.